The molecule has 0 N–H and O–H groups in total. The molecule has 180 valence electrons. The van der Waals surface area contributed by atoms with Gasteiger partial charge in [0, 0.05) is 30.5 Å². The lowest BCUT2D eigenvalue weighted by Crippen LogP contribution is -2.43. The third kappa shape index (κ3) is 7.63. The van der Waals surface area contributed by atoms with Crippen molar-refractivity contribution in [2.75, 3.05) is 26.8 Å². The molecule has 0 saturated heterocycles. The quantitative estimate of drug-likeness (QED) is 0.368. The zero-order chi connectivity index (χ0) is 24.4. The van der Waals surface area contributed by atoms with Crippen molar-refractivity contribution < 1.29 is 17.9 Å². The van der Waals surface area contributed by atoms with Gasteiger partial charge in [0.25, 0.3) is 0 Å². The van der Waals surface area contributed by atoms with E-state index in [9.17, 15) is 13.2 Å². The third-order valence-electron chi connectivity index (χ3n) is 5.32. The fourth-order valence-electron chi connectivity index (χ4n) is 3.33. The lowest BCUT2D eigenvalue weighted by molar-refractivity contribution is -0.132. The average molecular weight is 499 g/mol. The SMILES string of the molecule is COCCN(CC(=O)N(Cc1ccccc1)Cc1sccc1C)S(=O)(=O)C=Cc1ccccc1. The van der Waals surface area contributed by atoms with Crippen LogP contribution in [0.25, 0.3) is 6.08 Å². The van der Waals surface area contributed by atoms with Crippen LogP contribution in [0.5, 0.6) is 0 Å². The first-order valence-electron chi connectivity index (χ1n) is 11.0. The van der Waals surface area contributed by atoms with Crippen molar-refractivity contribution in [2.24, 2.45) is 0 Å². The maximum atomic E-state index is 13.4. The molecule has 1 aromatic heterocycles. The summed E-state index contributed by atoms with van der Waals surface area (Å²) in [5.74, 6) is -0.260. The second kappa shape index (κ2) is 12.6. The number of thiophene rings is 1. The normalized spacial score (nSPS) is 11.9. The van der Waals surface area contributed by atoms with E-state index < -0.39 is 10.0 Å². The number of carbonyl (C=O) groups excluding carboxylic acids is 1. The molecule has 0 aliphatic rings. The highest BCUT2D eigenvalue weighted by atomic mass is 32.2. The highest BCUT2D eigenvalue weighted by molar-refractivity contribution is 7.92. The minimum Gasteiger partial charge on any atom is -0.383 e. The molecule has 0 saturated carbocycles. The zero-order valence-electron chi connectivity index (χ0n) is 19.5. The summed E-state index contributed by atoms with van der Waals surface area (Å²) in [5, 5.41) is 3.15. The monoisotopic (exact) mass is 498 g/mol. The van der Waals surface area contributed by atoms with Crippen molar-refractivity contribution in [1.82, 2.24) is 9.21 Å². The Labute approximate surface area is 206 Å². The van der Waals surface area contributed by atoms with Crippen molar-refractivity contribution in [3.05, 3.63) is 99.1 Å². The van der Waals surface area contributed by atoms with Crippen LogP contribution in [0.3, 0.4) is 0 Å². The van der Waals surface area contributed by atoms with Crippen LogP contribution in [-0.2, 0) is 32.6 Å². The first kappa shape index (κ1) is 25.8. The third-order valence-corrected chi connectivity index (χ3v) is 7.84. The van der Waals surface area contributed by atoms with Crippen molar-refractivity contribution in [2.45, 2.75) is 20.0 Å². The predicted octanol–water partition coefficient (Wildman–Crippen LogP) is 4.53. The summed E-state index contributed by atoms with van der Waals surface area (Å²) in [7, 11) is -2.33. The number of carbonyl (C=O) groups is 1. The molecule has 0 radical (unpaired) electrons. The highest BCUT2D eigenvalue weighted by Crippen LogP contribution is 2.20. The number of aryl methyl sites for hydroxylation is 1. The molecular formula is C26H30N2O4S2. The van der Waals surface area contributed by atoms with Crippen LogP contribution in [0.15, 0.2) is 77.5 Å². The van der Waals surface area contributed by atoms with Gasteiger partial charge in [-0.3, -0.25) is 4.79 Å². The van der Waals surface area contributed by atoms with Gasteiger partial charge in [-0.05, 0) is 41.1 Å². The molecule has 0 fully saturated rings. The molecule has 1 amide bonds. The van der Waals surface area contributed by atoms with E-state index in [-0.39, 0.29) is 25.6 Å². The van der Waals surface area contributed by atoms with Gasteiger partial charge in [0.05, 0.1) is 19.7 Å². The van der Waals surface area contributed by atoms with Gasteiger partial charge >= 0.3 is 0 Å². The van der Waals surface area contributed by atoms with Crippen LogP contribution in [0, 0.1) is 6.92 Å². The fraction of sp³-hybridized carbons (Fsp3) is 0.269. The average Bonchev–Trinajstić information content (AvgIpc) is 3.25. The molecule has 0 unspecified atom stereocenters. The van der Waals surface area contributed by atoms with Gasteiger partial charge in [0.1, 0.15) is 0 Å². The minimum atomic E-state index is -3.84. The van der Waals surface area contributed by atoms with Crippen molar-refractivity contribution >= 4 is 33.3 Å². The second-order valence-electron chi connectivity index (χ2n) is 7.85. The van der Waals surface area contributed by atoms with Crippen LogP contribution in [0.2, 0.25) is 0 Å². The molecule has 0 bridgehead atoms. The number of nitrogens with zero attached hydrogens (tertiary/aromatic N) is 2. The highest BCUT2D eigenvalue weighted by Gasteiger charge is 2.25. The van der Waals surface area contributed by atoms with E-state index in [2.05, 4.69) is 0 Å². The maximum absolute atomic E-state index is 13.4. The molecular weight excluding hydrogens is 468 g/mol. The molecule has 0 aliphatic carbocycles. The van der Waals surface area contributed by atoms with Gasteiger partial charge in [0.2, 0.25) is 15.9 Å². The Bertz CT molecular complexity index is 1180. The first-order valence-corrected chi connectivity index (χ1v) is 13.3. The largest absolute Gasteiger partial charge is 0.383 e. The van der Waals surface area contributed by atoms with Crippen LogP contribution < -0.4 is 0 Å². The first-order chi connectivity index (χ1) is 16.4. The zero-order valence-corrected chi connectivity index (χ0v) is 21.1. The predicted molar refractivity (Wildman–Crippen MR) is 138 cm³/mol. The second-order valence-corrected chi connectivity index (χ2v) is 10.7. The molecule has 0 atom stereocenters. The molecule has 2 aromatic carbocycles. The van der Waals surface area contributed by atoms with E-state index >= 15 is 0 Å². The van der Waals surface area contributed by atoms with Gasteiger partial charge in [-0.15, -0.1) is 11.3 Å². The Balaban J connectivity index is 1.81. The molecule has 6 nitrogen and oxygen atoms in total. The summed E-state index contributed by atoms with van der Waals surface area (Å²) < 4.78 is 32.5. The minimum absolute atomic E-state index is 0.0842. The van der Waals surface area contributed by atoms with Crippen LogP contribution >= 0.6 is 11.3 Å². The van der Waals surface area contributed by atoms with Crippen LogP contribution in [-0.4, -0.2) is 50.3 Å². The summed E-state index contributed by atoms with van der Waals surface area (Å²) in [6.07, 6.45) is 1.54. The molecule has 8 heteroatoms. The summed E-state index contributed by atoms with van der Waals surface area (Å²) in [5.41, 5.74) is 2.87. The van der Waals surface area contributed by atoms with Crippen molar-refractivity contribution in [1.29, 1.82) is 0 Å². The standard InChI is InChI=1S/C26H30N2O4S2/c1-22-13-17-33-25(22)20-27(19-24-11-7-4-8-12-24)26(29)21-28(15-16-32-2)34(30,31)18-14-23-9-5-3-6-10-23/h3-14,17-18H,15-16,19-21H2,1-2H3. The maximum Gasteiger partial charge on any atom is 0.238 e. The van der Waals surface area contributed by atoms with E-state index in [0.717, 1.165) is 27.0 Å². The number of rotatable bonds is 12. The molecule has 3 aromatic rings. The Morgan fingerprint density at radius 3 is 2.29 bits per heavy atom. The number of methoxy groups -OCH3 is 1. The Morgan fingerprint density at radius 1 is 1.00 bits per heavy atom. The number of sulfonamides is 1. The van der Waals surface area contributed by atoms with E-state index in [1.807, 2.05) is 79.0 Å². The van der Waals surface area contributed by atoms with Gasteiger partial charge < -0.3 is 9.64 Å². The number of amides is 1. The van der Waals surface area contributed by atoms with E-state index in [1.165, 1.54) is 17.5 Å². The number of ether oxygens (including phenoxy) is 1. The van der Waals surface area contributed by atoms with Crippen molar-refractivity contribution in [3.63, 3.8) is 0 Å². The van der Waals surface area contributed by atoms with E-state index in [4.69, 9.17) is 4.74 Å². The van der Waals surface area contributed by atoms with E-state index in [1.54, 1.807) is 16.2 Å². The lowest BCUT2D eigenvalue weighted by Gasteiger charge is -2.26. The Hall–Kier alpha value is -2.78. The summed E-state index contributed by atoms with van der Waals surface area (Å²) in [4.78, 5) is 16.2. The van der Waals surface area contributed by atoms with Gasteiger partial charge in [-0.2, -0.15) is 4.31 Å². The fourth-order valence-corrected chi connectivity index (χ4v) is 5.37. The molecule has 34 heavy (non-hydrogen) atoms. The summed E-state index contributed by atoms with van der Waals surface area (Å²) in [6, 6.07) is 20.9. The Morgan fingerprint density at radius 2 is 1.68 bits per heavy atom. The summed E-state index contributed by atoms with van der Waals surface area (Å²) in [6.45, 7) is 2.85. The van der Waals surface area contributed by atoms with Crippen LogP contribution in [0.4, 0.5) is 0 Å². The summed E-state index contributed by atoms with van der Waals surface area (Å²) >= 11 is 1.59. The number of benzene rings is 2. The molecule has 0 spiro atoms. The number of hydrogen-bond donors (Lipinski definition) is 0. The lowest BCUT2D eigenvalue weighted by atomic mass is 10.2. The van der Waals surface area contributed by atoms with Gasteiger partial charge in [-0.1, -0.05) is 60.7 Å². The number of hydrogen-bond acceptors (Lipinski definition) is 5. The topological polar surface area (TPSA) is 66.9 Å². The van der Waals surface area contributed by atoms with Crippen molar-refractivity contribution in [3.8, 4) is 0 Å². The van der Waals surface area contributed by atoms with Gasteiger partial charge in [-0.25, -0.2) is 8.42 Å². The van der Waals surface area contributed by atoms with Crippen LogP contribution in [0.1, 0.15) is 21.6 Å². The van der Waals surface area contributed by atoms with E-state index in [0.29, 0.717) is 13.1 Å². The molecule has 0 aliphatic heterocycles. The van der Waals surface area contributed by atoms with Gasteiger partial charge in [0.15, 0.2) is 0 Å². The molecule has 3 rings (SSSR count). The Kier molecular flexibility index (Phi) is 9.59. The smallest absolute Gasteiger partial charge is 0.238 e. The molecule has 1 heterocycles.